The average molecular weight is 448 g/mol. The van der Waals surface area contributed by atoms with E-state index in [9.17, 15) is 17.6 Å². The number of pyridine rings is 1. The lowest BCUT2D eigenvalue weighted by molar-refractivity contribution is -0.121. The van der Waals surface area contributed by atoms with E-state index in [-0.39, 0.29) is 18.0 Å². The first kappa shape index (κ1) is 21.9. The number of aromatic nitrogens is 1. The number of hydrogen-bond acceptors (Lipinski definition) is 4. The van der Waals surface area contributed by atoms with Gasteiger partial charge in [-0.3, -0.25) is 9.78 Å². The summed E-state index contributed by atoms with van der Waals surface area (Å²) in [7, 11) is -3.99. The van der Waals surface area contributed by atoms with Crippen molar-refractivity contribution in [1.29, 1.82) is 0 Å². The minimum absolute atomic E-state index is 0.0101. The van der Waals surface area contributed by atoms with Crippen LogP contribution in [-0.4, -0.2) is 30.2 Å². The lowest BCUT2D eigenvalue weighted by Gasteiger charge is -2.22. The van der Waals surface area contributed by atoms with Crippen molar-refractivity contribution < 1.29 is 17.6 Å². The monoisotopic (exact) mass is 447 g/mol. The van der Waals surface area contributed by atoms with Crippen LogP contribution in [0.2, 0.25) is 5.02 Å². The molecule has 2 aromatic carbocycles. The van der Waals surface area contributed by atoms with Crippen molar-refractivity contribution >= 4 is 27.5 Å². The summed E-state index contributed by atoms with van der Waals surface area (Å²) >= 11 is 5.86. The van der Waals surface area contributed by atoms with Crippen LogP contribution in [-0.2, 0) is 27.9 Å². The number of nitrogens with zero attached hydrogens (tertiary/aromatic N) is 2. The van der Waals surface area contributed by atoms with Gasteiger partial charge >= 0.3 is 0 Å². The van der Waals surface area contributed by atoms with Crippen LogP contribution in [0.15, 0.2) is 78.0 Å². The van der Waals surface area contributed by atoms with Crippen LogP contribution in [0.3, 0.4) is 0 Å². The molecular weight excluding hydrogens is 429 g/mol. The summed E-state index contributed by atoms with van der Waals surface area (Å²) in [6, 6.07) is 14.6. The van der Waals surface area contributed by atoms with E-state index in [1.807, 2.05) is 0 Å². The number of carbonyl (C=O) groups is 1. The standard InChI is InChI=1S/C21H19ClFN3O3S/c22-18-3-7-20(8-4-18)30(28,29)26(14-17-1-5-19(23)6-2-17)15-21(27)25-13-16-9-11-24-12-10-16/h1-12H,13-15H2,(H,25,27). The molecule has 9 heteroatoms. The number of sulfonamides is 1. The molecule has 0 aliphatic carbocycles. The average Bonchev–Trinajstić information content (AvgIpc) is 2.74. The highest BCUT2D eigenvalue weighted by atomic mass is 35.5. The molecule has 0 fully saturated rings. The Morgan fingerprint density at radius 3 is 2.23 bits per heavy atom. The molecule has 0 atom stereocenters. The predicted octanol–water partition coefficient (Wildman–Crippen LogP) is 3.38. The molecule has 1 amide bonds. The lowest BCUT2D eigenvalue weighted by Crippen LogP contribution is -2.40. The largest absolute Gasteiger partial charge is 0.351 e. The highest BCUT2D eigenvalue weighted by Gasteiger charge is 2.27. The molecule has 3 rings (SSSR count). The normalized spacial score (nSPS) is 11.4. The highest BCUT2D eigenvalue weighted by Crippen LogP contribution is 2.20. The van der Waals surface area contributed by atoms with Crippen molar-refractivity contribution in [3.8, 4) is 0 Å². The number of rotatable bonds is 8. The molecule has 3 aromatic rings. The molecule has 0 aliphatic heterocycles. The molecule has 1 heterocycles. The Morgan fingerprint density at radius 1 is 0.967 bits per heavy atom. The van der Waals surface area contributed by atoms with Gasteiger partial charge in [0.1, 0.15) is 5.82 Å². The van der Waals surface area contributed by atoms with Gasteiger partial charge in [-0.05, 0) is 59.7 Å². The minimum Gasteiger partial charge on any atom is -0.351 e. The van der Waals surface area contributed by atoms with Gasteiger partial charge in [0.15, 0.2) is 0 Å². The number of nitrogens with one attached hydrogen (secondary N) is 1. The summed E-state index contributed by atoms with van der Waals surface area (Å²) in [6.45, 7) is -0.242. The van der Waals surface area contributed by atoms with Gasteiger partial charge in [0, 0.05) is 30.5 Å². The van der Waals surface area contributed by atoms with Gasteiger partial charge in [-0.1, -0.05) is 23.7 Å². The van der Waals surface area contributed by atoms with Crippen LogP contribution >= 0.6 is 11.6 Å². The summed E-state index contributed by atoms with van der Waals surface area (Å²) < 4.78 is 40.6. The molecule has 0 radical (unpaired) electrons. The Balaban J connectivity index is 1.80. The van der Waals surface area contributed by atoms with E-state index >= 15 is 0 Å². The van der Waals surface area contributed by atoms with Crippen LogP contribution in [0.1, 0.15) is 11.1 Å². The molecular formula is C21H19ClFN3O3S. The third-order valence-corrected chi connectivity index (χ3v) is 6.34. The molecule has 0 unspecified atom stereocenters. The van der Waals surface area contributed by atoms with Gasteiger partial charge in [-0.2, -0.15) is 4.31 Å². The first-order valence-electron chi connectivity index (χ1n) is 9.00. The van der Waals surface area contributed by atoms with Crippen LogP contribution in [0, 0.1) is 5.82 Å². The van der Waals surface area contributed by atoms with Gasteiger partial charge in [0.2, 0.25) is 15.9 Å². The zero-order valence-corrected chi connectivity index (χ0v) is 17.4. The molecule has 0 saturated heterocycles. The topological polar surface area (TPSA) is 79.4 Å². The van der Waals surface area contributed by atoms with Crippen molar-refractivity contribution in [2.24, 2.45) is 0 Å². The van der Waals surface area contributed by atoms with Gasteiger partial charge in [-0.15, -0.1) is 0 Å². The van der Waals surface area contributed by atoms with Crippen LogP contribution in [0.5, 0.6) is 0 Å². The SMILES string of the molecule is O=C(CN(Cc1ccc(F)cc1)S(=O)(=O)c1ccc(Cl)cc1)NCc1ccncc1. The Kier molecular flexibility index (Phi) is 7.15. The maximum atomic E-state index is 13.2. The van der Waals surface area contributed by atoms with Crippen molar-refractivity contribution in [3.63, 3.8) is 0 Å². The van der Waals surface area contributed by atoms with Gasteiger partial charge in [0.25, 0.3) is 0 Å². The summed E-state index contributed by atoms with van der Waals surface area (Å²) in [6.07, 6.45) is 3.21. The van der Waals surface area contributed by atoms with Gasteiger partial charge in [0.05, 0.1) is 11.4 Å². The Hall–Kier alpha value is -2.81. The Morgan fingerprint density at radius 2 is 1.60 bits per heavy atom. The third-order valence-electron chi connectivity index (χ3n) is 4.28. The minimum atomic E-state index is -3.99. The van der Waals surface area contributed by atoms with E-state index in [1.54, 1.807) is 24.5 Å². The molecule has 0 aliphatic rings. The van der Waals surface area contributed by atoms with E-state index < -0.39 is 28.3 Å². The van der Waals surface area contributed by atoms with Crippen molar-refractivity contribution in [2.75, 3.05) is 6.54 Å². The van der Waals surface area contributed by atoms with E-state index in [4.69, 9.17) is 11.6 Å². The first-order chi connectivity index (χ1) is 14.3. The summed E-state index contributed by atoms with van der Waals surface area (Å²) in [5.41, 5.74) is 1.39. The second-order valence-corrected chi connectivity index (χ2v) is 8.86. The maximum absolute atomic E-state index is 13.2. The van der Waals surface area contributed by atoms with Gasteiger partial charge in [-0.25, -0.2) is 12.8 Å². The maximum Gasteiger partial charge on any atom is 0.243 e. The summed E-state index contributed by atoms with van der Waals surface area (Å²) in [4.78, 5) is 16.4. The molecule has 0 spiro atoms. The Labute approximate surface area is 179 Å². The fraction of sp³-hybridized carbons (Fsp3) is 0.143. The third kappa shape index (κ3) is 5.85. The fourth-order valence-corrected chi connectivity index (χ4v) is 4.20. The number of carbonyl (C=O) groups excluding carboxylic acids is 1. The highest BCUT2D eigenvalue weighted by molar-refractivity contribution is 7.89. The molecule has 6 nitrogen and oxygen atoms in total. The molecule has 0 bridgehead atoms. The van der Waals surface area contributed by atoms with Crippen LogP contribution in [0.4, 0.5) is 4.39 Å². The second kappa shape index (κ2) is 9.80. The molecule has 1 N–H and O–H groups in total. The predicted molar refractivity (Wildman–Crippen MR) is 112 cm³/mol. The van der Waals surface area contributed by atoms with Crippen LogP contribution < -0.4 is 5.32 Å². The second-order valence-electron chi connectivity index (χ2n) is 6.49. The lowest BCUT2D eigenvalue weighted by atomic mass is 10.2. The smallest absolute Gasteiger partial charge is 0.243 e. The number of halogens is 2. The van der Waals surface area contributed by atoms with E-state index in [2.05, 4.69) is 10.3 Å². The van der Waals surface area contributed by atoms with Crippen molar-refractivity contribution in [1.82, 2.24) is 14.6 Å². The van der Waals surface area contributed by atoms with Gasteiger partial charge < -0.3 is 5.32 Å². The summed E-state index contributed by atoms with van der Waals surface area (Å²) in [5.74, 6) is -0.896. The van der Waals surface area contributed by atoms with E-state index in [0.717, 1.165) is 9.87 Å². The first-order valence-corrected chi connectivity index (χ1v) is 10.8. The Bertz CT molecular complexity index is 1090. The zero-order chi connectivity index (χ0) is 21.6. The molecule has 156 valence electrons. The van der Waals surface area contributed by atoms with E-state index in [0.29, 0.717) is 10.6 Å². The number of amides is 1. The fourth-order valence-electron chi connectivity index (χ4n) is 2.69. The number of benzene rings is 2. The summed E-state index contributed by atoms with van der Waals surface area (Å²) in [5, 5.41) is 3.10. The molecule has 1 aromatic heterocycles. The van der Waals surface area contributed by atoms with Crippen LogP contribution in [0.25, 0.3) is 0 Å². The zero-order valence-electron chi connectivity index (χ0n) is 15.8. The number of hydrogen-bond donors (Lipinski definition) is 1. The molecule has 30 heavy (non-hydrogen) atoms. The van der Waals surface area contributed by atoms with Crippen molar-refractivity contribution in [3.05, 3.63) is 95.0 Å². The van der Waals surface area contributed by atoms with E-state index in [1.165, 1.54) is 48.5 Å². The quantitative estimate of drug-likeness (QED) is 0.574. The van der Waals surface area contributed by atoms with Crippen molar-refractivity contribution in [2.45, 2.75) is 18.0 Å². The molecule has 0 saturated carbocycles.